The summed E-state index contributed by atoms with van der Waals surface area (Å²) in [5, 5.41) is 12.2. The molecule has 34 heavy (non-hydrogen) atoms. The zero-order chi connectivity index (χ0) is 24.2. The van der Waals surface area contributed by atoms with E-state index in [9.17, 15) is 19.5 Å². The molecule has 3 atom stereocenters. The number of carboxylic acids is 1. The number of carboxylic acid groups (broad SMARTS) is 1. The number of nitrogens with one attached hydrogen (secondary N) is 1. The minimum Gasteiger partial charge on any atom is -0.481 e. The van der Waals surface area contributed by atoms with Crippen molar-refractivity contribution in [2.24, 2.45) is 11.8 Å². The minimum atomic E-state index is -0.891. The van der Waals surface area contributed by atoms with Crippen LogP contribution in [-0.4, -0.2) is 53.7 Å². The Morgan fingerprint density at radius 1 is 1.06 bits per heavy atom. The Hall–Kier alpha value is -3.35. The predicted molar refractivity (Wildman–Crippen MR) is 128 cm³/mol. The standard InChI is InChI=1S/C27H32N2O5/c1-3-4-13-24(25(30)29-14-17(2)22(15-29)26(31)32)28-27(33)34-16-23-20-11-7-5-9-18(20)19-10-6-8-12-21(19)23/h5-12,17,22-24H,3-4,13-16H2,1-2H3,(H,28,33)(H,31,32)/t17-,22-,24?/m0/s1. The quantitative estimate of drug-likeness (QED) is 0.609. The highest BCUT2D eigenvalue weighted by atomic mass is 16.5. The van der Waals surface area contributed by atoms with Gasteiger partial charge in [0.25, 0.3) is 0 Å². The Bertz CT molecular complexity index is 1020. The van der Waals surface area contributed by atoms with Crippen LogP contribution < -0.4 is 5.32 Å². The monoisotopic (exact) mass is 464 g/mol. The maximum atomic E-state index is 13.2. The molecule has 2 N–H and O–H groups in total. The fourth-order valence-corrected chi connectivity index (χ4v) is 5.14. The Morgan fingerprint density at radius 2 is 1.68 bits per heavy atom. The number of hydrogen-bond donors (Lipinski definition) is 2. The SMILES string of the molecule is CCCCC(NC(=O)OCC1c2ccccc2-c2ccccc21)C(=O)N1C[C@H](C(=O)O)[C@@H](C)C1. The van der Waals surface area contributed by atoms with Crippen molar-refractivity contribution in [3.8, 4) is 11.1 Å². The normalized spacial score (nSPS) is 19.9. The molecule has 0 spiro atoms. The van der Waals surface area contributed by atoms with Crippen LogP contribution in [0.25, 0.3) is 11.1 Å². The van der Waals surface area contributed by atoms with Gasteiger partial charge in [-0.25, -0.2) is 4.79 Å². The molecule has 2 aromatic carbocycles. The zero-order valence-corrected chi connectivity index (χ0v) is 19.7. The number of amides is 2. The number of aliphatic carboxylic acids is 1. The summed E-state index contributed by atoms with van der Waals surface area (Å²) in [4.78, 5) is 38.9. The third-order valence-electron chi connectivity index (χ3n) is 7.02. The molecule has 1 aliphatic carbocycles. The van der Waals surface area contributed by atoms with Gasteiger partial charge in [-0.05, 0) is 34.6 Å². The number of benzene rings is 2. The summed E-state index contributed by atoms with van der Waals surface area (Å²) in [6, 6.07) is 15.5. The fraction of sp³-hybridized carbons (Fsp3) is 0.444. The van der Waals surface area contributed by atoms with Crippen molar-refractivity contribution >= 4 is 18.0 Å². The van der Waals surface area contributed by atoms with Crippen molar-refractivity contribution in [2.45, 2.75) is 45.1 Å². The van der Waals surface area contributed by atoms with Crippen LogP contribution in [0.2, 0.25) is 0 Å². The summed E-state index contributed by atoms with van der Waals surface area (Å²) in [7, 11) is 0. The highest BCUT2D eigenvalue weighted by Crippen LogP contribution is 2.44. The molecule has 0 aromatic heterocycles. The molecule has 180 valence electrons. The maximum Gasteiger partial charge on any atom is 0.407 e. The van der Waals surface area contributed by atoms with Gasteiger partial charge in [0.1, 0.15) is 12.6 Å². The Kier molecular flexibility index (Phi) is 7.20. The van der Waals surface area contributed by atoms with E-state index in [0.717, 1.165) is 35.1 Å². The minimum absolute atomic E-state index is 0.0568. The van der Waals surface area contributed by atoms with Crippen molar-refractivity contribution in [1.29, 1.82) is 0 Å². The zero-order valence-electron chi connectivity index (χ0n) is 19.7. The van der Waals surface area contributed by atoms with Gasteiger partial charge in [0.05, 0.1) is 5.92 Å². The van der Waals surface area contributed by atoms with Crippen LogP contribution >= 0.6 is 0 Å². The van der Waals surface area contributed by atoms with E-state index in [4.69, 9.17) is 4.74 Å². The van der Waals surface area contributed by atoms with Crippen molar-refractivity contribution in [1.82, 2.24) is 10.2 Å². The van der Waals surface area contributed by atoms with Gasteiger partial charge in [-0.2, -0.15) is 0 Å². The first kappa shape index (κ1) is 23.8. The summed E-state index contributed by atoms with van der Waals surface area (Å²) < 4.78 is 5.63. The van der Waals surface area contributed by atoms with Crippen LogP contribution in [0.1, 0.15) is 50.2 Å². The molecule has 2 aliphatic rings. The van der Waals surface area contributed by atoms with Crippen molar-refractivity contribution in [3.05, 3.63) is 59.7 Å². The number of unbranched alkanes of at least 4 members (excludes halogenated alkanes) is 1. The summed E-state index contributed by atoms with van der Waals surface area (Å²) in [6.07, 6.45) is 1.51. The van der Waals surface area contributed by atoms with Gasteiger partial charge in [-0.1, -0.05) is 75.2 Å². The molecule has 1 saturated heterocycles. The second-order valence-electron chi connectivity index (χ2n) is 9.33. The average Bonchev–Trinajstić information content (AvgIpc) is 3.38. The number of carbonyl (C=O) groups is 3. The predicted octanol–water partition coefficient (Wildman–Crippen LogP) is 4.26. The smallest absolute Gasteiger partial charge is 0.407 e. The molecular formula is C27H32N2O5. The summed E-state index contributed by atoms with van der Waals surface area (Å²) in [6.45, 7) is 4.59. The summed E-state index contributed by atoms with van der Waals surface area (Å²) >= 11 is 0. The highest BCUT2D eigenvalue weighted by Gasteiger charge is 2.39. The molecule has 7 nitrogen and oxygen atoms in total. The highest BCUT2D eigenvalue weighted by molar-refractivity contribution is 5.87. The van der Waals surface area contributed by atoms with E-state index in [1.165, 1.54) is 0 Å². The van der Waals surface area contributed by atoms with E-state index in [0.29, 0.717) is 13.0 Å². The van der Waals surface area contributed by atoms with Crippen molar-refractivity contribution in [3.63, 3.8) is 0 Å². The molecule has 4 rings (SSSR count). The second kappa shape index (κ2) is 10.3. The number of nitrogens with zero attached hydrogens (tertiary/aromatic N) is 1. The molecule has 1 fully saturated rings. The number of alkyl carbamates (subject to hydrolysis) is 1. The van der Waals surface area contributed by atoms with Crippen LogP contribution in [0.15, 0.2) is 48.5 Å². The molecule has 0 radical (unpaired) electrons. The number of fused-ring (bicyclic) bond motifs is 3. The van der Waals surface area contributed by atoms with Gasteiger partial charge < -0.3 is 20.1 Å². The first-order valence-electron chi connectivity index (χ1n) is 12.0. The lowest BCUT2D eigenvalue weighted by molar-refractivity contribution is -0.142. The summed E-state index contributed by atoms with van der Waals surface area (Å²) in [5.41, 5.74) is 4.56. The number of ether oxygens (including phenoxy) is 1. The molecule has 0 bridgehead atoms. The molecule has 1 aliphatic heterocycles. The fourth-order valence-electron chi connectivity index (χ4n) is 5.14. The average molecular weight is 465 g/mol. The van der Waals surface area contributed by atoms with E-state index < -0.39 is 24.0 Å². The van der Waals surface area contributed by atoms with Crippen LogP contribution in [-0.2, 0) is 14.3 Å². The van der Waals surface area contributed by atoms with Gasteiger partial charge in [-0.15, -0.1) is 0 Å². The third-order valence-corrected chi connectivity index (χ3v) is 7.02. The molecule has 7 heteroatoms. The number of rotatable bonds is 8. The van der Waals surface area contributed by atoms with Crippen LogP contribution in [0, 0.1) is 11.8 Å². The van der Waals surface area contributed by atoms with E-state index in [2.05, 4.69) is 29.6 Å². The number of likely N-dealkylation sites (tertiary alicyclic amines) is 1. The van der Waals surface area contributed by atoms with Crippen LogP contribution in [0.3, 0.4) is 0 Å². The second-order valence-corrected chi connectivity index (χ2v) is 9.33. The van der Waals surface area contributed by atoms with Gasteiger partial charge in [0.2, 0.25) is 5.91 Å². The Balaban J connectivity index is 1.41. The first-order chi connectivity index (χ1) is 16.4. The van der Waals surface area contributed by atoms with Gasteiger partial charge in [-0.3, -0.25) is 9.59 Å². The largest absolute Gasteiger partial charge is 0.481 e. The van der Waals surface area contributed by atoms with E-state index in [-0.39, 0.29) is 30.9 Å². The topological polar surface area (TPSA) is 95.9 Å². The number of hydrogen-bond acceptors (Lipinski definition) is 4. The number of carbonyl (C=O) groups excluding carboxylic acids is 2. The molecular weight excluding hydrogens is 432 g/mol. The van der Waals surface area contributed by atoms with Gasteiger partial charge in [0.15, 0.2) is 0 Å². The van der Waals surface area contributed by atoms with E-state index in [1.807, 2.05) is 38.1 Å². The van der Waals surface area contributed by atoms with Crippen molar-refractivity contribution < 1.29 is 24.2 Å². The van der Waals surface area contributed by atoms with E-state index >= 15 is 0 Å². The van der Waals surface area contributed by atoms with Gasteiger partial charge >= 0.3 is 12.1 Å². The summed E-state index contributed by atoms with van der Waals surface area (Å²) in [5.74, 6) is -1.89. The lowest BCUT2D eigenvalue weighted by Crippen LogP contribution is -2.48. The third kappa shape index (κ3) is 4.79. The molecule has 1 unspecified atom stereocenters. The van der Waals surface area contributed by atoms with E-state index in [1.54, 1.807) is 4.90 Å². The lowest BCUT2D eigenvalue weighted by Gasteiger charge is -2.24. The molecule has 1 heterocycles. The van der Waals surface area contributed by atoms with Crippen LogP contribution in [0.5, 0.6) is 0 Å². The molecule has 2 amide bonds. The maximum absolute atomic E-state index is 13.2. The Morgan fingerprint density at radius 3 is 2.24 bits per heavy atom. The molecule has 2 aromatic rings. The first-order valence-corrected chi connectivity index (χ1v) is 12.0. The lowest BCUT2D eigenvalue weighted by atomic mass is 9.98. The van der Waals surface area contributed by atoms with Crippen molar-refractivity contribution in [2.75, 3.05) is 19.7 Å². The Labute approximate surface area is 200 Å². The van der Waals surface area contributed by atoms with Crippen LogP contribution in [0.4, 0.5) is 4.79 Å². The molecule has 0 saturated carbocycles. The van der Waals surface area contributed by atoms with Gasteiger partial charge in [0, 0.05) is 19.0 Å².